The fraction of sp³-hybridized carbons (Fsp3) is 0.0556. The molecule has 0 saturated carbocycles. The number of thioether (sulfide) groups is 1. The summed E-state index contributed by atoms with van der Waals surface area (Å²) in [5, 5.41) is 27.6. The molecule has 7 nitrogen and oxygen atoms in total. The second-order valence-electron chi connectivity index (χ2n) is 5.56. The van der Waals surface area contributed by atoms with Gasteiger partial charge >= 0.3 is 5.97 Å². The van der Waals surface area contributed by atoms with Crippen molar-refractivity contribution in [1.29, 1.82) is 0 Å². The Morgan fingerprint density at radius 2 is 2.00 bits per heavy atom. The van der Waals surface area contributed by atoms with Gasteiger partial charge in [0.15, 0.2) is 0 Å². The number of aromatic hydroxyl groups is 1. The van der Waals surface area contributed by atoms with Gasteiger partial charge < -0.3 is 10.2 Å². The monoisotopic (exact) mass is 433 g/mol. The molecule has 1 saturated heterocycles. The maximum atomic E-state index is 12.3. The number of hydrogen-bond acceptors (Lipinski definition) is 7. The van der Waals surface area contributed by atoms with E-state index in [0.29, 0.717) is 22.0 Å². The highest BCUT2D eigenvalue weighted by atomic mass is 35.5. The van der Waals surface area contributed by atoms with Gasteiger partial charge in [-0.2, -0.15) is 5.11 Å². The molecule has 3 rings (SSSR count). The van der Waals surface area contributed by atoms with Crippen molar-refractivity contribution < 1.29 is 19.8 Å². The molecule has 0 atom stereocenters. The van der Waals surface area contributed by atoms with Crippen LogP contribution in [0.5, 0.6) is 5.75 Å². The molecule has 1 fully saturated rings. The van der Waals surface area contributed by atoms with Gasteiger partial charge in [-0.05, 0) is 36.4 Å². The molecule has 142 valence electrons. The van der Waals surface area contributed by atoms with Gasteiger partial charge in [0.1, 0.15) is 22.3 Å². The zero-order valence-electron chi connectivity index (χ0n) is 14.1. The lowest BCUT2D eigenvalue weighted by atomic mass is 10.1. The summed E-state index contributed by atoms with van der Waals surface area (Å²) in [6.07, 6.45) is 1.44. The molecule has 1 heterocycles. The molecule has 0 bridgehead atoms. The number of carbonyl (C=O) groups excluding carboxylic acids is 1. The van der Waals surface area contributed by atoms with Crippen molar-refractivity contribution >= 4 is 69.2 Å². The van der Waals surface area contributed by atoms with Crippen molar-refractivity contribution in [2.75, 3.05) is 6.54 Å². The van der Waals surface area contributed by atoms with Crippen LogP contribution in [0.25, 0.3) is 6.08 Å². The second-order valence-corrected chi connectivity index (χ2v) is 7.64. The van der Waals surface area contributed by atoms with E-state index >= 15 is 0 Å². The number of benzene rings is 2. The van der Waals surface area contributed by atoms with Crippen molar-refractivity contribution in [2.24, 2.45) is 10.2 Å². The van der Waals surface area contributed by atoms with E-state index in [1.54, 1.807) is 36.4 Å². The average Bonchev–Trinajstić information content (AvgIpc) is 2.90. The van der Waals surface area contributed by atoms with Crippen LogP contribution in [0.15, 0.2) is 57.6 Å². The lowest BCUT2D eigenvalue weighted by molar-refractivity contribution is -0.140. The van der Waals surface area contributed by atoms with E-state index in [9.17, 15) is 14.7 Å². The van der Waals surface area contributed by atoms with Crippen molar-refractivity contribution in [1.82, 2.24) is 4.90 Å². The fourth-order valence-corrected chi connectivity index (χ4v) is 3.70. The first-order valence-corrected chi connectivity index (χ1v) is 9.42. The molecular weight excluding hydrogens is 422 g/mol. The van der Waals surface area contributed by atoms with Crippen LogP contribution < -0.4 is 0 Å². The number of phenols is 1. The molecule has 1 aliphatic heterocycles. The first-order chi connectivity index (χ1) is 13.3. The summed E-state index contributed by atoms with van der Waals surface area (Å²) < 4.78 is 0.146. The van der Waals surface area contributed by atoms with Crippen molar-refractivity contribution in [2.45, 2.75) is 0 Å². The number of hydrogen-bond donors (Lipinski definition) is 2. The summed E-state index contributed by atoms with van der Waals surface area (Å²) in [5.41, 5.74) is 1.25. The third-order valence-electron chi connectivity index (χ3n) is 3.59. The van der Waals surface area contributed by atoms with Crippen LogP contribution in [0, 0.1) is 0 Å². The number of phenolic OH excluding ortho intramolecular Hbond substituents is 1. The number of azo groups is 1. The summed E-state index contributed by atoms with van der Waals surface area (Å²) in [6, 6.07) is 11.5. The Morgan fingerprint density at radius 3 is 2.71 bits per heavy atom. The van der Waals surface area contributed by atoms with Crippen LogP contribution in [0.4, 0.5) is 11.4 Å². The molecular formula is C18H12ClN3O4S2. The minimum atomic E-state index is -1.16. The quantitative estimate of drug-likeness (QED) is 0.401. The lowest BCUT2D eigenvalue weighted by Gasteiger charge is -2.10. The number of amides is 1. The summed E-state index contributed by atoms with van der Waals surface area (Å²) in [5.74, 6) is -1.76. The molecule has 2 N–H and O–H groups in total. The van der Waals surface area contributed by atoms with E-state index in [2.05, 4.69) is 10.2 Å². The van der Waals surface area contributed by atoms with Crippen molar-refractivity contribution in [3.63, 3.8) is 0 Å². The maximum absolute atomic E-state index is 12.3. The van der Waals surface area contributed by atoms with Crippen molar-refractivity contribution in [3.8, 4) is 5.75 Å². The van der Waals surface area contributed by atoms with Gasteiger partial charge in [-0.3, -0.25) is 14.5 Å². The summed E-state index contributed by atoms with van der Waals surface area (Å²) in [4.78, 5) is 24.4. The number of nitrogens with zero attached hydrogens (tertiary/aromatic N) is 3. The summed E-state index contributed by atoms with van der Waals surface area (Å²) in [6.45, 7) is -0.514. The van der Waals surface area contributed by atoms with Crippen LogP contribution in [0.2, 0.25) is 5.02 Å². The molecule has 2 aromatic carbocycles. The Morgan fingerprint density at radius 1 is 1.25 bits per heavy atom. The molecule has 1 amide bonds. The van der Waals surface area contributed by atoms with E-state index in [1.807, 2.05) is 0 Å². The van der Waals surface area contributed by atoms with Gasteiger partial charge in [0.25, 0.3) is 5.91 Å². The van der Waals surface area contributed by atoms with E-state index < -0.39 is 18.4 Å². The smallest absolute Gasteiger partial charge is 0.323 e. The van der Waals surface area contributed by atoms with E-state index in [0.717, 1.165) is 16.7 Å². The molecule has 0 radical (unpaired) electrons. The highest BCUT2D eigenvalue weighted by molar-refractivity contribution is 8.26. The number of carboxylic acid groups (broad SMARTS) is 1. The zero-order valence-corrected chi connectivity index (χ0v) is 16.5. The Kier molecular flexibility index (Phi) is 6.08. The van der Waals surface area contributed by atoms with E-state index in [4.69, 9.17) is 28.9 Å². The lowest BCUT2D eigenvalue weighted by Crippen LogP contribution is -2.33. The number of carboxylic acids is 1. The molecule has 0 aliphatic carbocycles. The minimum absolute atomic E-state index is 0.0693. The van der Waals surface area contributed by atoms with Gasteiger partial charge in [-0.15, -0.1) is 5.11 Å². The molecule has 28 heavy (non-hydrogen) atoms. The normalized spacial score (nSPS) is 15.8. The minimum Gasteiger partial charge on any atom is -0.507 e. The number of halogens is 1. The maximum Gasteiger partial charge on any atom is 0.323 e. The third kappa shape index (κ3) is 4.56. The first-order valence-electron chi connectivity index (χ1n) is 7.81. The Bertz CT molecular complexity index is 1040. The average molecular weight is 434 g/mol. The molecule has 0 aromatic heterocycles. The van der Waals surface area contributed by atoms with Crippen LogP contribution in [0.1, 0.15) is 5.56 Å². The molecule has 0 spiro atoms. The fourth-order valence-electron chi connectivity index (χ4n) is 2.28. The number of carbonyl (C=O) groups is 2. The van der Waals surface area contributed by atoms with Gasteiger partial charge in [0, 0.05) is 5.56 Å². The largest absolute Gasteiger partial charge is 0.507 e. The van der Waals surface area contributed by atoms with Crippen molar-refractivity contribution in [3.05, 3.63) is 58.0 Å². The van der Waals surface area contributed by atoms with Gasteiger partial charge in [0.05, 0.1) is 15.6 Å². The number of aliphatic carboxylic acids is 1. The predicted molar refractivity (Wildman–Crippen MR) is 111 cm³/mol. The van der Waals surface area contributed by atoms with E-state index in [1.165, 1.54) is 12.1 Å². The van der Waals surface area contributed by atoms with Crippen LogP contribution in [0.3, 0.4) is 0 Å². The molecule has 1 aliphatic rings. The Balaban J connectivity index is 1.87. The van der Waals surface area contributed by atoms with Gasteiger partial charge in [-0.1, -0.05) is 47.7 Å². The molecule has 2 aromatic rings. The van der Waals surface area contributed by atoms with Crippen LogP contribution in [-0.4, -0.2) is 37.9 Å². The standard InChI is InChI=1S/C18H12ClN3O4S2/c19-12-3-1-2-4-13(12)21-20-11-5-6-14(23)10(7-11)8-15-17(26)22(9-16(24)25)18(27)28-15/h1-8,23H,9H2,(H,24,25)/b15-8+,21-20?. The predicted octanol–water partition coefficient (Wildman–Crippen LogP) is 4.75. The van der Waals surface area contributed by atoms with Gasteiger partial charge in [-0.25, -0.2) is 0 Å². The highest BCUT2D eigenvalue weighted by Crippen LogP contribution is 2.35. The second kappa shape index (κ2) is 8.51. The topological polar surface area (TPSA) is 103 Å². The third-order valence-corrected chi connectivity index (χ3v) is 5.29. The zero-order chi connectivity index (χ0) is 20.3. The SMILES string of the molecule is O=C(O)CN1C(=O)/C(=C\c2cc(N=Nc3ccccc3Cl)ccc2O)SC1=S. The van der Waals surface area contributed by atoms with Crippen LogP contribution >= 0.6 is 35.6 Å². The van der Waals surface area contributed by atoms with Gasteiger partial charge in [0.2, 0.25) is 0 Å². The number of thiocarbonyl (C=S) groups is 1. The Labute approximate surface area is 174 Å². The summed E-state index contributed by atoms with van der Waals surface area (Å²) in [7, 11) is 0. The molecule has 0 unspecified atom stereocenters. The van der Waals surface area contributed by atoms with Crippen LogP contribution in [-0.2, 0) is 9.59 Å². The summed E-state index contributed by atoms with van der Waals surface area (Å²) >= 11 is 12.1. The molecule has 10 heteroatoms. The number of rotatable bonds is 5. The first kappa shape index (κ1) is 20.0. The van der Waals surface area contributed by atoms with E-state index in [-0.39, 0.29) is 15.0 Å². The Hall–Kier alpha value is -2.75. The highest BCUT2D eigenvalue weighted by Gasteiger charge is 2.33.